The monoisotopic (exact) mass is 435 g/mol. The molecule has 1 saturated heterocycles. The highest BCUT2D eigenvalue weighted by atomic mass is 32.1. The number of hydrogen-bond donors (Lipinski definition) is 0. The van der Waals surface area contributed by atoms with Crippen LogP contribution >= 0.6 is 11.3 Å². The topological polar surface area (TPSA) is 26.8 Å². The first-order valence-corrected chi connectivity index (χ1v) is 12.7. The van der Waals surface area contributed by atoms with Gasteiger partial charge in [0.1, 0.15) is 0 Å². The summed E-state index contributed by atoms with van der Waals surface area (Å²) in [5.41, 5.74) is 2.73. The van der Waals surface area contributed by atoms with Gasteiger partial charge in [-0.3, -0.25) is 14.6 Å². The zero-order valence-corrected chi connectivity index (χ0v) is 19.2. The van der Waals surface area contributed by atoms with Crippen LogP contribution in [0.2, 0.25) is 0 Å². The van der Waals surface area contributed by atoms with Crippen LogP contribution in [0.3, 0.4) is 0 Å². The Bertz CT molecular complexity index is 899. The molecule has 3 aliphatic carbocycles. The smallest absolute Gasteiger partial charge is 0.268 e. The Balaban J connectivity index is 1.25. The number of thiophene rings is 1. The van der Waals surface area contributed by atoms with E-state index in [-0.39, 0.29) is 11.4 Å². The number of carbonyl (C=O) groups is 1. The molecule has 4 aliphatic rings. The summed E-state index contributed by atoms with van der Waals surface area (Å²) in [6, 6.07) is 3.93. The minimum atomic E-state index is 0.161. The SMILES string of the molecule is O=C(c1cccs1)N(CC1(N2CCN(CC3=CCCC=C3)CC2)CC1)C1=CCCC=C1. The van der Waals surface area contributed by atoms with Crippen molar-refractivity contribution in [1.29, 1.82) is 0 Å². The first-order valence-electron chi connectivity index (χ1n) is 11.8. The van der Waals surface area contributed by atoms with Crippen molar-refractivity contribution in [2.24, 2.45) is 0 Å². The Morgan fingerprint density at radius 1 is 1.00 bits per heavy atom. The van der Waals surface area contributed by atoms with Crippen LogP contribution in [0.25, 0.3) is 0 Å². The molecule has 0 unspecified atom stereocenters. The number of amides is 1. The molecule has 0 N–H and O–H groups in total. The van der Waals surface area contributed by atoms with Crippen molar-refractivity contribution in [2.75, 3.05) is 39.3 Å². The zero-order chi connectivity index (χ0) is 21.1. The highest BCUT2D eigenvalue weighted by Gasteiger charge is 2.50. The molecule has 2 fully saturated rings. The van der Waals surface area contributed by atoms with E-state index in [0.717, 1.165) is 62.7 Å². The van der Waals surface area contributed by atoms with Crippen molar-refractivity contribution in [3.05, 3.63) is 70.1 Å². The summed E-state index contributed by atoms with van der Waals surface area (Å²) >= 11 is 1.55. The van der Waals surface area contributed by atoms with Crippen LogP contribution in [0.15, 0.2) is 65.2 Å². The van der Waals surface area contributed by atoms with Gasteiger partial charge in [0, 0.05) is 50.5 Å². The fourth-order valence-electron chi connectivity index (χ4n) is 5.05. The molecule has 1 aromatic heterocycles. The molecule has 1 amide bonds. The van der Waals surface area contributed by atoms with E-state index >= 15 is 0 Å². The van der Waals surface area contributed by atoms with E-state index in [1.165, 1.54) is 31.3 Å². The molecule has 0 bridgehead atoms. The average Bonchev–Trinajstić information content (AvgIpc) is 3.40. The van der Waals surface area contributed by atoms with Crippen molar-refractivity contribution < 1.29 is 4.79 Å². The molecule has 5 rings (SSSR count). The summed E-state index contributed by atoms with van der Waals surface area (Å²) in [5, 5.41) is 2.00. The van der Waals surface area contributed by atoms with Crippen LogP contribution < -0.4 is 0 Å². The maximum absolute atomic E-state index is 13.4. The summed E-state index contributed by atoms with van der Waals surface area (Å²) in [6.07, 6.45) is 20.5. The molecule has 1 aromatic rings. The minimum absolute atomic E-state index is 0.161. The Hall–Kier alpha value is -1.95. The number of allylic oxidation sites excluding steroid dienone is 5. The van der Waals surface area contributed by atoms with Crippen LogP contribution in [0.1, 0.15) is 48.2 Å². The molecular weight excluding hydrogens is 402 g/mol. The lowest BCUT2D eigenvalue weighted by molar-refractivity contribution is 0.0593. The molecule has 31 heavy (non-hydrogen) atoms. The van der Waals surface area contributed by atoms with E-state index in [9.17, 15) is 4.79 Å². The van der Waals surface area contributed by atoms with Crippen molar-refractivity contribution in [2.45, 2.75) is 44.1 Å². The van der Waals surface area contributed by atoms with E-state index in [2.05, 4.69) is 51.2 Å². The maximum atomic E-state index is 13.4. The van der Waals surface area contributed by atoms with Crippen molar-refractivity contribution in [3.63, 3.8) is 0 Å². The van der Waals surface area contributed by atoms with Gasteiger partial charge in [-0.15, -0.1) is 11.3 Å². The maximum Gasteiger partial charge on any atom is 0.268 e. The summed E-state index contributed by atoms with van der Waals surface area (Å²) in [7, 11) is 0. The largest absolute Gasteiger partial charge is 0.306 e. The van der Waals surface area contributed by atoms with Gasteiger partial charge >= 0.3 is 0 Å². The molecule has 0 atom stereocenters. The Morgan fingerprint density at radius 2 is 1.77 bits per heavy atom. The van der Waals surface area contributed by atoms with Crippen LogP contribution in [0.4, 0.5) is 0 Å². The van der Waals surface area contributed by atoms with Crippen molar-refractivity contribution >= 4 is 17.2 Å². The molecule has 0 aromatic carbocycles. The zero-order valence-electron chi connectivity index (χ0n) is 18.3. The Labute approximate surface area is 190 Å². The number of hydrogen-bond acceptors (Lipinski definition) is 4. The molecule has 5 heteroatoms. The normalized spacial score (nSPS) is 23.4. The lowest BCUT2D eigenvalue weighted by Crippen LogP contribution is -2.55. The fraction of sp³-hybridized carbons (Fsp3) is 0.500. The third-order valence-corrected chi connectivity index (χ3v) is 7.92. The van der Waals surface area contributed by atoms with Crippen LogP contribution in [0.5, 0.6) is 0 Å². The molecular formula is C26H33N3OS. The molecule has 2 heterocycles. The lowest BCUT2D eigenvalue weighted by Gasteiger charge is -2.42. The third kappa shape index (κ3) is 4.79. The predicted molar refractivity (Wildman–Crippen MR) is 128 cm³/mol. The van der Waals surface area contributed by atoms with Crippen LogP contribution in [0, 0.1) is 0 Å². The highest BCUT2D eigenvalue weighted by molar-refractivity contribution is 7.12. The number of rotatable bonds is 7. The quantitative estimate of drug-likeness (QED) is 0.612. The van der Waals surface area contributed by atoms with Gasteiger partial charge in [-0.25, -0.2) is 0 Å². The van der Waals surface area contributed by atoms with Gasteiger partial charge in [0.2, 0.25) is 0 Å². The molecule has 1 saturated carbocycles. The van der Waals surface area contributed by atoms with Crippen LogP contribution in [-0.4, -0.2) is 65.4 Å². The second kappa shape index (κ2) is 9.27. The molecule has 0 spiro atoms. The van der Waals surface area contributed by atoms with Crippen molar-refractivity contribution in [3.8, 4) is 0 Å². The lowest BCUT2D eigenvalue weighted by atomic mass is 10.1. The fourth-order valence-corrected chi connectivity index (χ4v) is 5.72. The van der Waals surface area contributed by atoms with E-state index < -0.39 is 0 Å². The van der Waals surface area contributed by atoms with E-state index in [0.29, 0.717) is 0 Å². The van der Waals surface area contributed by atoms with Gasteiger partial charge in [0.05, 0.1) is 4.88 Å². The minimum Gasteiger partial charge on any atom is -0.306 e. The van der Waals surface area contributed by atoms with E-state index in [4.69, 9.17) is 0 Å². The summed E-state index contributed by atoms with van der Waals surface area (Å²) in [4.78, 5) is 21.6. The van der Waals surface area contributed by atoms with Gasteiger partial charge < -0.3 is 4.90 Å². The first kappa shape index (κ1) is 20.9. The summed E-state index contributed by atoms with van der Waals surface area (Å²) in [5.74, 6) is 0.161. The third-order valence-electron chi connectivity index (χ3n) is 7.06. The van der Waals surface area contributed by atoms with Crippen molar-refractivity contribution in [1.82, 2.24) is 14.7 Å². The van der Waals surface area contributed by atoms with E-state index in [1.54, 1.807) is 11.3 Å². The second-order valence-electron chi connectivity index (χ2n) is 9.22. The first-order chi connectivity index (χ1) is 15.2. The molecule has 164 valence electrons. The van der Waals surface area contributed by atoms with Gasteiger partial charge in [-0.2, -0.15) is 0 Å². The predicted octanol–water partition coefficient (Wildman–Crippen LogP) is 4.85. The van der Waals surface area contributed by atoms with Gasteiger partial charge in [0.25, 0.3) is 5.91 Å². The van der Waals surface area contributed by atoms with E-state index in [1.807, 2.05) is 17.5 Å². The Morgan fingerprint density at radius 3 is 2.39 bits per heavy atom. The van der Waals surface area contributed by atoms with Crippen LogP contribution in [-0.2, 0) is 0 Å². The van der Waals surface area contributed by atoms with Gasteiger partial charge in [-0.1, -0.05) is 36.4 Å². The standard InChI is InChI=1S/C26H33N3OS/c30-25(24-12-7-19-31-24)29(23-10-5-2-6-11-23)21-26(13-14-26)28-17-15-27(16-18-28)20-22-8-3-1-4-9-22/h3,5,7-12,19H,1-2,4,6,13-18,20-21H2. The number of piperazine rings is 1. The Kier molecular flexibility index (Phi) is 6.26. The molecule has 0 radical (unpaired) electrons. The molecule has 1 aliphatic heterocycles. The summed E-state index contributed by atoms with van der Waals surface area (Å²) in [6.45, 7) is 6.34. The van der Waals surface area contributed by atoms with Gasteiger partial charge in [0.15, 0.2) is 0 Å². The highest BCUT2D eigenvalue weighted by Crippen LogP contribution is 2.44. The number of nitrogens with zero attached hydrogens (tertiary/aromatic N) is 3. The average molecular weight is 436 g/mol. The molecule has 4 nitrogen and oxygen atoms in total. The van der Waals surface area contributed by atoms with Gasteiger partial charge in [-0.05, 0) is 61.6 Å². The number of carbonyl (C=O) groups excluding carboxylic acids is 1. The second-order valence-corrected chi connectivity index (χ2v) is 10.2. The summed E-state index contributed by atoms with van der Waals surface area (Å²) < 4.78 is 0.